The minimum absolute atomic E-state index is 0.00816. The van der Waals surface area contributed by atoms with Gasteiger partial charge in [0.2, 0.25) is 11.8 Å². The van der Waals surface area contributed by atoms with Crippen LogP contribution in [-0.2, 0) is 9.59 Å². The van der Waals surface area contributed by atoms with Gasteiger partial charge in [-0.3, -0.25) is 9.59 Å². The highest BCUT2D eigenvalue weighted by Crippen LogP contribution is 2.40. The van der Waals surface area contributed by atoms with Gasteiger partial charge in [0.15, 0.2) is 0 Å². The number of rotatable bonds is 1. The number of carbonyl (C=O) groups is 2. The van der Waals surface area contributed by atoms with Crippen molar-refractivity contribution >= 4 is 40.1 Å². The molecule has 2 unspecified atom stereocenters. The van der Waals surface area contributed by atoms with Gasteiger partial charge in [-0.05, 0) is 47.6 Å². The number of halogens is 1. The van der Waals surface area contributed by atoms with E-state index < -0.39 is 0 Å². The Bertz CT molecular complexity index is 490. The van der Waals surface area contributed by atoms with Crippen molar-refractivity contribution in [3.63, 3.8) is 0 Å². The molecule has 3 nitrogen and oxygen atoms in total. The molecule has 0 radical (unpaired) electrons. The maximum Gasteiger partial charge on any atom is 0.237 e. The lowest BCUT2D eigenvalue weighted by Crippen LogP contribution is -2.31. The van der Waals surface area contributed by atoms with Gasteiger partial charge in [-0.2, -0.15) is 0 Å². The number of amides is 2. The summed E-state index contributed by atoms with van der Waals surface area (Å²) in [4.78, 5) is 26.2. The Kier molecular flexibility index (Phi) is 3.13. The number of benzene rings is 1. The molecule has 1 saturated carbocycles. The molecule has 2 amide bonds. The zero-order valence-corrected chi connectivity index (χ0v) is 12.1. The van der Waals surface area contributed by atoms with E-state index in [9.17, 15) is 9.59 Å². The van der Waals surface area contributed by atoms with Crippen molar-refractivity contribution in [2.75, 3.05) is 4.90 Å². The molecule has 1 heterocycles. The van der Waals surface area contributed by atoms with E-state index in [0.717, 1.165) is 34.9 Å². The molecule has 94 valence electrons. The first kappa shape index (κ1) is 12.1. The molecule has 4 heteroatoms. The first-order valence-corrected chi connectivity index (χ1v) is 7.40. The molecule has 2 fully saturated rings. The Morgan fingerprint density at radius 2 is 1.56 bits per heavy atom. The zero-order chi connectivity index (χ0) is 12.7. The maximum atomic E-state index is 12.4. The van der Waals surface area contributed by atoms with E-state index in [1.54, 1.807) is 0 Å². The lowest BCUT2D eigenvalue weighted by atomic mass is 9.81. The number of imide groups is 1. The lowest BCUT2D eigenvalue weighted by Gasteiger charge is -2.19. The van der Waals surface area contributed by atoms with Crippen LogP contribution in [0.4, 0.5) is 5.69 Å². The first-order chi connectivity index (χ1) is 8.70. The molecule has 1 aromatic rings. The summed E-state index contributed by atoms with van der Waals surface area (Å²) in [7, 11) is 0. The summed E-state index contributed by atoms with van der Waals surface area (Å²) in [6.07, 6.45) is 3.88. The summed E-state index contributed by atoms with van der Waals surface area (Å²) in [6, 6.07) is 7.58. The zero-order valence-electron chi connectivity index (χ0n) is 9.93. The summed E-state index contributed by atoms with van der Waals surface area (Å²) in [5, 5.41) is 0. The molecule has 0 N–H and O–H groups in total. The van der Waals surface area contributed by atoms with E-state index in [2.05, 4.69) is 22.6 Å². The molecule has 0 bridgehead atoms. The third-order valence-corrected chi connectivity index (χ3v) is 4.85. The molecule has 1 saturated heterocycles. The van der Waals surface area contributed by atoms with Gasteiger partial charge >= 0.3 is 0 Å². The standard InChI is InChI=1S/C14H14INO2/c15-11-7-3-4-8-12(11)16-13(17)9-5-1-2-6-10(9)14(16)18/h3-4,7-10H,1-2,5-6H2. The number of fused-ring (bicyclic) bond motifs is 1. The van der Waals surface area contributed by atoms with Crippen LogP contribution >= 0.6 is 22.6 Å². The van der Waals surface area contributed by atoms with Crippen molar-refractivity contribution in [2.24, 2.45) is 11.8 Å². The molecule has 2 aliphatic rings. The van der Waals surface area contributed by atoms with Crippen LogP contribution in [0.3, 0.4) is 0 Å². The SMILES string of the molecule is O=C1C2CCCCC2C(=O)N1c1ccccc1I. The number of nitrogens with zero attached hydrogens (tertiary/aromatic N) is 1. The van der Waals surface area contributed by atoms with Crippen molar-refractivity contribution in [1.82, 2.24) is 0 Å². The minimum atomic E-state index is -0.0674. The van der Waals surface area contributed by atoms with Crippen LogP contribution in [0.15, 0.2) is 24.3 Å². The maximum absolute atomic E-state index is 12.4. The Labute approximate surface area is 120 Å². The smallest absolute Gasteiger partial charge is 0.237 e. The lowest BCUT2D eigenvalue weighted by molar-refractivity contribution is -0.122. The second-order valence-corrected chi connectivity index (χ2v) is 6.12. The molecule has 1 aliphatic heterocycles. The van der Waals surface area contributed by atoms with Crippen molar-refractivity contribution in [2.45, 2.75) is 25.7 Å². The summed E-state index contributed by atoms with van der Waals surface area (Å²) >= 11 is 2.18. The minimum Gasteiger partial charge on any atom is -0.274 e. The highest BCUT2D eigenvalue weighted by molar-refractivity contribution is 14.1. The van der Waals surface area contributed by atoms with Crippen LogP contribution in [0.5, 0.6) is 0 Å². The van der Waals surface area contributed by atoms with Crippen molar-refractivity contribution < 1.29 is 9.59 Å². The predicted octanol–water partition coefficient (Wildman–Crippen LogP) is 2.97. The fraction of sp³-hybridized carbons (Fsp3) is 0.429. The number of anilines is 1. The van der Waals surface area contributed by atoms with Gasteiger partial charge in [0.05, 0.1) is 17.5 Å². The Hall–Kier alpha value is -0.910. The number of para-hydroxylation sites is 1. The molecule has 18 heavy (non-hydrogen) atoms. The van der Waals surface area contributed by atoms with E-state index >= 15 is 0 Å². The number of hydrogen-bond acceptors (Lipinski definition) is 2. The quantitative estimate of drug-likeness (QED) is 0.574. The van der Waals surface area contributed by atoms with Gasteiger partial charge in [-0.25, -0.2) is 4.90 Å². The van der Waals surface area contributed by atoms with Crippen molar-refractivity contribution in [1.29, 1.82) is 0 Å². The van der Waals surface area contributed by atoms with E-state index in [-0.39, 0.29) is 23.7 Å². The summed E-state index contributed by atoms with van der Waals surface area (Å²) in [5.74, 6) is -0.118. The number of hydrogen-bond donors (Lipinski definition) is 0. The highest BCUT2D eigenvalue weighted by Gasteiger charge is 2.48. The van der Waals surface area contributed by atoms with E-state index in [4.69, 9.17) is 0 Å². The fourth-order valence-electron chi connectivity index (χ4n) is 3.03. The molecule has 0 aromatic heterocycles. The van der Waals surface area contributed by atoms with Crippen LogP contribution in [0.2, 0.25) is 0 Å². The van der Waals surface area contributed by atoms with Crippen LogP contribution in [0.1, 0.15) is 25.7 Å². The molecule has 0 spiro atoms. The molecule has 2 atom stereocenters. The molecule has 1 aromatic carbocycles. The topological polar surface area (TPSA) is 37.4 Å². The second kappa shape index (κ2) is 4.64. The van der Waals surface area contributed by atoms with E-state index in [1.165, 1.54) is 4.90 Å². The molecular weight excluding hydrogens is 341 g/mol. The van der Waals surface area contributed by atoms with Crippen LogP contribution in [0, 0.1) is 15.4 Å². The fourth-order valence-corrected chi connectivity index (χ4v) is 3.66. The summed E-state index contributed by atoms with van der Waals surface area (Å²) in [6.45, 7) is 0. The molecule has 1 aliphatic carbocycles. The van der Waals surface area contributed by atoms with Gasteiger partial charge in [0.25, 0.3) is 0 Å². The molecule has 3 rings (SSSR count). The van der Waals surface area contributed by atoms with Gasteiger partial charge in [0, 0.05) is 3.57 Å². The normalized spacial score (nSPS) is 27.5. The third kappa shape index (κ3) is 1.77. The van der Waals surface area contributed by atoms with E-state index in [1.807, 2.05) is 24.3 Å². The largest absolute Gasteiger partial charge is 0.274 e. The van der Waals surface area contributed by atoms with Gasteiger partial charge in [0.1, 0.15) is 0 Å². The van der Waals surface area contributed by atoms with Gasteiger partial charge < -0.3 is 0 Å². The number of carbonyl (C=O) groups excluding carboxylic acids is 2. The predicted molar refractivity (Wildman–Crippen MR) is 77.1 cm³/mol. The molecular formula is C14H14INO2. The first-order valence-electron chi connectivity index (χ1n) is 6.32. The highest BCUT2D eigenvalue weighted by atomic mass is 127. The van der Waals surface area contributed by atoms with Crippen LogP contribution < -0.4 is 4.90 Å². The van der Waals surface area contributed by atoms with Crippen molar-refractivity contribution in [3.05, 3.63) is 27.8 Å². The Morgan fingerprint density at radius 1 is 1.00 bits per heavy atom. The van der Waals surface area contributed by atoms with Crippen LogP contribution in [0.25, 0.3) is 0 Å². The summed E-state index contributed by atoms with van der Waals surface area (Å²) in [5.41, 5.74) is 0.752. The van der Waals surface area contributed by atoms with Crippen LogP contribution in [-0.4, -0.2) is 11.8 Å². The monoisotopic (exact) mass is 355 g/mol. The Morgan fingerprint density at radius 3 is 2.11 bits per heavy atom. The second-order valence-electron chi connectivity index (χ2n) is 4.96. The van der Waals surface area contributed by atoms with Crippen molar-refractivity contribution in [3.8, 4) is 0 Å². The average molecular weight is 355 g/mol. The third-order valence-electron chi connectivity index (χ3n) is 3.93. The van der Waals surface area contributed by atoms with E-state index in [0.29, 0.717) is 0 Å². The Balaban J connectivity index is 2.00. The summed E-state index contributed by atoms with van der Waals surface area (Å²) < 4.78 is 0.954. The average Bonchev–Trinajstić information content (AvgIpc) is 2.64. The van der Waals surface area contributed by atoms with Gasteiger partial charge in [-0.15, -0.1) is 0 Å². The van der Waals surface area contributed by atoms with Gasteiger partial charge in [-0.1, -0.05) is 25.0 Å².